The van der Waals surface area contributed by atoms with E-state index in [1.54, 1.807) is 0 Å². The normalized spacial score (nSPS) is 35.5. The molecule has 4 unspecified atom stereocenters. The van der Waals surface area contributed by atoms with Crippen molar-refractivity contribution in [1.29, 1.82) is 0 Å². The molecule has 14 heavy (non-hydrogen) atoms. The summed E-state index contributed by atoms with van der Waals surface area (Å²) in [5.74, 6) is 0.753. The first-order valence-electron chi connectivity index (χ1n) is 5.70. The largest absolute Gasteiger partial charge is 0.313 e. The summed E-state index contributed by atoms with van der Waals surface area (Å²) in [6, 6.07) is 0.497. The lowest BCUT2D eigenvalue weighted by molar-refractivity contribution is 0.314. The van der Waals surface area contributed by atoms with Gasteiger partial charge in [-0.2, -0.15) is 0 Å². The third-order valence-electron chi connectivity index (χ3n) is 3.14. The number of hydrogen-bond donors (Lipinski definition) is 1. The molecule has 2 nitrogen and oxygen atoms in total. The molecule has 1 rings (SSSR count). The van der Waals surface area contributed by atoms with Gasteiger partial charge in [-0.05, 0) is 38.1 Å². The molecule has 0 aromatic heterocycles. The maximum absolute atomic E-state index is 11.6. The Hall–Kier alpha value is 0.110. The van der Waals surface area contributed by atoms with Crippen molar-refractivity contribution in [2.24, 2.45) is 5.92 Å². The Labute approximate surface area is 90.3 Å². The van der Waals surface area contributed by atoms with E-state index in [4.69, 9.17) is 0 Å². The van der Waals surface area contributed by atoms with Crippen molar-refractivity contribution in [3.05, 3.63) is 0 Å². The molecule has 0 aliphatic heterocycles. The lowest BCUT2D eigenvalue weighted by Crippen LogP contribution is -2.46. The van der Waals surface area contributed by atoms with E-state index < -0.39 is 10.8 Å². The SMILES string of the molecule is CCCNC1CCC(C)CC1S(C)=O. The van der Waals surface area contributed by atoms with Crippen LogP contribution in [0.1, 0.15) is 39.5 Å². The van der Waals surface area contributed by atoms with Gasteiger partial charge in [0.15, 0.2) is 0 Å². The molecule has 0 aromatic carbocycles. The van der Waals surface area contributed by atoms with Gasteiger partial charge >= 0.3 is 0 Å². The summed E-state index contributed by atoms with van der Waals surface area (Å²) in [5, 5.41) is 3.91. The van der Waals surface area contributed by atoms with E-state index in [2.05, 4.69) is 19.2 Å². The Bertz CT molecular complexity index is 194. The Balaban J connectivity index is 2.49. The van der Waals surface area contributed by atoms with E-state index in [0.717, 1.165) is 25.3 Å². The van der Waals surface area contributed by atoms with E-state index in [0.29, 0.717) is 11.3 Å². The third-order valence-corrected chi connectivity index (χ3v) is 4.51. The molecule has 0 amide bonds. The van der Waals surface area contributed by atoms with Crippen LogP contribution in [0.3, 0.4) is 0 Å². The fraction of sp³-hybridized carbons (Fsp3) is 1.00. The molecule has 0 bridgehead atoms. The van der Waals surface area contributed by atoms with Crippen LogP contribution in [-0.2, 0) is 10.8 Å². The zero-order chi connectivity index (χ0) is 10.6. The van der Waals surface area contributed by atoms with Gasteiger partial charge in [0.2, 0.25) is 0 Å². The zero-order valence-electron chi connectivity index (χ0n) is 9.58. The van der Waals surface area contributed by atoms with Crippen LogP contribution in [-0.4, -0.2) is 28.3 Å². The molecular weight excluding hydrogens is 194 g/mol. The highest BCUT2D eigenvalue weighted by molar-refractivity contribution is 7.85. The third kappa shape index (κ3) is 3.35. The van der Waals surface area contributed by atoms with E-state index >= 15 is 0 Å². The second-order valence-corrected chi connectivity index (χ2v) is 6.12. The first-order chi connectivity index (χ1) is 6.65. The predicted molar refractivity (Wildman–Crippen MR) is 63.0 cm³/mol. The first kappa shape index (κ1) is 12.2. The topological polar surface area (TPSA) is 29.1 Å². The summed E-state index contributed by atoms with van der Waals surface area (Å²) in [5.41, 5.74) is 0. The van der Waals surface area contributed by atoms with Gasteiger partial charge in [-0.1, -0.05) is 13.8 Å². The van der Waals surface area contributed by atoms with Crippen molar-refractivity contribution in [2.45, 2.75) is 50.8 Å². The van der Waals surface area contributed by atoms with Gasteiger partial charge in [-0.3, -0.25) is 4.21 Å². The van der Waals surface area contributed by atoms with Gasteiger partial charge < -0.3 is 5.32 Å². The van der Waals surface area contributed by atoms with Crippen molar-refractivity contribution in [3.63, 3.8) is 0 Å². The average molecular weight is 217 g/mol. The van der Waals surface area contributed by atoms with Gasteiger partial charge in [-0.15, -0.1) is 0 Å². The molecule has 0 heterocycles. The van der Waals surface area contributed by atoms with E-state index in [9.17, 15) is 4.21 Å². The smallest absolute Gasteiger partial charge is 0.0500 e. The van der Waals surface area contributed by atoms with Gasteiger partial charge in [0, 0.05) is 23.1 Å². The minimum absolute atomic E-state index is 0.380. The molecule has 1 fully saturated rings. The molecular formula is C11H23NOS. The minimum atomic E-state index is -0.669. The fourth-order valence-electron chi connectivity index (χ4n) is 2.26. The van der Waals surface area contributed by atoms with Crippen LogP contribution in [0.15, 0.2) is 0 Å². The van der Waals surface area contributed by atoms with Crippen molar-refractivity contribution >= 4 is 10.8 Å². The van der Waals surface area contributed by atoms with Gasteiger partial charge in [0.25, 0.3) is 0 Å². The Morgan fingerprint density at radius 3 is 2.71 bits per heavy atom. The Kier molecular flexibility index (Phi) is 5.10. The summed E-state index contributed by atoms with van der Waals surface area (Å²) in [7, 11) is -0.669. The highest BCUT2D eigenvalue weighted by Crippen LogP contribution is 2.27. The van der Waals surface area contributed by atoms with Crippen LogP contribution >= 0.6 is 0 Å². The van der Waals surface area contributed by atoms with Crippen molar-refractivity contribution in [3.8, 4) is 0 Å². The lowest BCUT2D eigenvalue weighted by Gasteiger charge is -2.34. The molecule has 0 spiro atoms. The van der Waals surface area contributed by atoms with Gasteiger partial charge in [0.05, 0.1) is 5.25 Å². The van der Waals surface area contributed by atoms with Gasteiger partial charge in [0.1, 0.15) is 0 Å². The molecule has 0 radical (unpaired) electrons. The van der Waals surface area contributed by atoms with Crippen molar-refractivity contribution in [1.82, 2.24) is 5.32 Å². The highest BCUT2D eigenvalue weighted by atomic mass is 32.2. The molecule has 1 saturated carbocycles. The first-order valence-corrected chi connectivity index (χ1v) is 7.32. The maximum Gasteiger partial charge on any atom is 0.0500 e. The summed E-state index contributed by atoms with van der Waals surface area (Å²) < 4.78 is 11.6. The fourth-order valence-corrected chi connectivity index (χ4v) is 3.55. The standard InChI is InChI=1S/C11H23NOS/c1-4-7-12-10-6-5-9(2)8-11(10)14(3)13/h9-12H,4-8H2,1-3H3. The minimum Gasteiger partial charge on any atom is -0.313 e. The summed E-state index contributed by atoms with van der Waals surface area (Å²) in [6.45, 7) is 5.51. The summed E-state index contributed by atoms with van der Waals surface area (Å²) in [6.07, 6.45) is 6.63. The monoisotopic (exact) mass is 217 g/mol. The molecule has 3 heteroatoms. The Morgan fingerprint density at radius 2 is 2.14 bits per heavy atom. The number of rotatable bonds is 4. The molecule has 0 aromatic rings. The molecule has 1 aliphatic carbocycles. The molecule has 0 saturated heterocycles. The van der Waals surface area contributed by atoms with Gasteiger partial charge in [-0.25, -0.2) is 0 Å². The highest BCUT2D eigenvalue weighted by Gasteiger charge is 2.30. The lowest BCUT2D eigenvalue weighted by atomic mass is 9.87. The Morgan fingerprint density at radius 1 is 1.43 bits per heavy atom. The summed E-state index contributed by atoms with van der Waals surface area (Å²) in [4.78, 5) is 0. The zero-order valence-corrected chi connectivity index (χ0v) is 10.4. The van der Waals surface area contributed by atoms with Crippen LogP contribution in [0.4, 0.5) is 0 Å². The molecule has 84 valence electrons. The second kappa shape index (κ2) is 5.86. The molecule has 1 aliphatic rings. The van der Waals surface area contributed by atoms with Crippen LogP contribution in [0.5, 0.6) is 0 Å². The maximum atomic E-state index is 11.6. The summed E-state index contributed by atoms with van der Waals surface area (Å²) >= 11 is 0. The predicted octanol–water partition coefficient (Wildman–Crippen LogP) is 1.92. The van der Waals surface area contributed by atoms with E-state index in [1.807, 2.05) is 6.26 Å². The van der Waals surface area contributed by atoms with Crippen molar-refractivity contribution in [2.75, 3.05) is 12.8 Å². The van der Waals surface area contributed by atoms with Crippen LogP contribution in [0.2, 0.25) is 0 Å². The average Bonchev–Trinajstić information content (AvgIpc) is 2.15. The quantitative estimate of drug-likeness (QED) is 0.779. The van der Waals surface area contributed by atoms with Crippen LogP contribution in [0, 0.1) is 5.92 Å². The van der Waals surface area contributed by atoms with Crippen LogP contribution in [0.25, 0.3) is 0 Å². The second-order valence-electron chi connectivity index (χ2n) is 4.52. The van der Waals surface area contributed by atoms with Crippen molar-refractivity contribution < 1.29 is 4.21 Å². The number of hydrogen-bond acceptors (Lipinski definition) is 2. The number of nitrogens with one attached hydrogen (secondary N) is 1. The van der Waals surface area contributed by atoms with Crippen LogP contribution < -0.4 is 5.32 Å². The van der Waals surface area contributed by atoms with E-state index in [1.165, 1.54) is 12.8 Å². The molecule has 1 N–H and O–H groups in total. The van der Waals surface area contributed by atoms with E-state index in [-0.39, 0.29) is 0 Å². The molecule has 4 atom stereocenters.